The zero-order valence-electron chi connectivity index (χ0n) is 23.2. The monoisotopic (exact) mass is 590 g/mol. The molecule has 0 amide bonds. The molecular weight excluding hydrogens is 555 g/mol. The van der Waals surface area contributed by atoms with E-state index in [0.29, 0.717) is 11.2 Å². The zero-order chi connectivity index (χ0) is 30.0. The SMILES string of the molecule is C=NC[C@@]1(c2ccc3c(N)ncnn23)O[C@H](COP(=O)(NC(C)(C)C(=O)OC(C)C)Oc2ccccc2)[C@@H](O)[C@H]1O. The summed E-state index contributed by atoms with van der Waals surface area (Å²) in [5, 5.41) is 29.1. The number of aliphatic hydroxyl groups excluding tert-OH is 2. The van der Waals surface area contributed by atoms with Crippen molar-refractivity contribution in [2.45, 2.75) is 63.3 Å². The lowest BCUT2D eigenvalue weighted by atomic mass is 9.91. The summed E-state index contributed by atoms with van der Waals surface area (Å²) in [6.07, 6.45) is -3.41. The summed E-state index contributed by atoms with van der Waals surface area (Å²) in [6.45, 7) is 9.18. The van der Waals surface area contributed by atoms with Gasteiger partial charge in [-0.25, -0.2) is 14.1 Å². The molecule has 5 atom stereocenters. The zero-order valence-corrected chi connectivity index (χ0v) is 24.1. The third-order valence-electron chi connectivity index (χ3n) is 6.45. The van der Waals surface area contributed by atoms with Gasteiger partial charge < -0.3 is 29.9 Å². The first-order valence-corrected chi connectivity index (χ1v) is 14.4. The number of aliphatic imine (C=N–C) groups is 1. The second-order valence-corrected chi connectivity index (χ2v) is 12.1. The summed E-state index contributed by atoms with van der Waals surface area (Å²) >= 11 is 0. The van der Waals surface area contributed by atoms with Crippen molar-refractivity contribution in [1.29, 1.82) is 0 Å². The Morgan fingerprint density at radius 1 is 1.29 bits per heavy atom. The number of nitrogen functional groups attached to an aromatic ring is 1. The Morgan fingerprint density at radius 2 is 2.00 bits per heavy atom. The van der Waals surface area contributed by atoms with E-state index in [4.69, 9.17) is 24.3 Å². The lowest BCUT2D eigenvalue weighted by Gasteiger charge is -2.31. The van der Waals surface area contributed by atoms with E-state index in [2.05, 4.69) is 26.9 Å². The van der Waals surface area contributed by atoms with Gasteiger partial charge in [0, 0.05) is 0 Å². The maximum Gasteiger partial charge on any atom is 0.459 e. The number of ether oxygens (including phenoxy) is 2. The number of nitrogens with one attached hydrogen (secondary N) is 1. The van der Waals surface area contributed by atoms with Crippen LogP contribution in [0.5, 0.6) is 5.75 Å². The summed E-state index contributed by atoms with van der Waals surface area (Å²) in [4.78, 5) is 20.6. The van der Waals surface area contributed by atoms with Gasteiger partial charge in [-0.15, -0.1) is 0 Å². The molecule has 14 nitrogen and oxygen atoms in total. The van der Waals surface area contributed by atoms with Crippen molar-refractivity contribution < 1.29 is 38.1 Å². The summed E-state index contributed by atoms with van der Waals surface area (Å²) in [5.74, 6) is -0.283. The number of rotatable bonds is 12. The van der Waals surface area contributed by atoms with Crippen LogP contribution in [0.4, 0.5) is 5.82 Å². The van der Waals surface area contributed by atoms with Gasteiger partial charge in [-0.2, -0.15) is 10.2 Å². The standard InChI is InChI=1S/C26H35N6O8P/c1-16(2)38-24(35)25(3,4)31-41(36,40-17-9-7-6-8-10-17)37-13-19-21(33)22(34)26(39-19,14-28-5)20-12-11-18-23(27)29-15-30-32(18)20/h6-12,15-16,19,21-22,33-34H,5,13-14H2,1-4H3,(H,31,36)(H2,27,29,30)/t19-,21-,22-,26+,41?/m1/s1. The normalized spacial score (nSPS) is 24.3. The van der Waals surface area contributed by atoms with Crippen LogP contribution in [0.2, 0.25) is 0 Å². The molecule has 1 aliphatic heterocycles. The van der Waals surface area contributed by atoms with Crippen LogP contribution in [0.1, 0.15) is 33.4 Å². The Morgan fingerprint density at radius 3 is 2.66 bits per heavy atom. The minimum atomic E-state index is -4.32. The van der Waals surface area contributed by atoms with Crippen molar-refractivity contribution in [3.8, 4) is 5.75 Å². The molecule has 0 spiro atoms. The predicted octanol–water partition coefficient (Wildman–Crippen LogP) is 1.85. The molecule has 1 fully saturated rings. The van der Waals surface area contributed by atoms with Gasteiger partial charge in [-0.3, -0.25) is 14.3 Å². The Balaban J connectivity index is 1.62. The minimum Gasteiger partial charge on any atom is -0.462 e. The fourth-order valence-electron chi connectivity index (χ4n) is 4.51. The summed E-state index contributed by atoms with van der Waals surface area (Å²) < 4.78 is 38.4. The fourth-order valence-corrected chi connectivity index (χ4v) is 6.19. The van der Waals surface area contributed by atoms with Crippen LogP contribution < -0.4 is 15.3 Å². The quantitative estimate of drug-likeness (QED) is 0.136. The van der Waals surface area contributed by atoms with E-state index in [9.17, 15) is 19.6 Å². The van der Waals surface area contributed by atoms with Crippen LogP contribution in [-0.2, 0) is 29.0 Å². The number of aromatic nitrogens is 3. The Labute approximate surface area is 237 Å². The number of nitrogens with zero attached hydrogens (tertiary/aromatic N) is 4. The van der Waals surface area contributed by atoms with Gasteiger partial charge in [0.1, 0.15) is 41.4 Å². The number of carbonyl (C=O) groups excluding carboxylic acids is 1. The number of hydrogen-bond acceptors (Lipinski definition) is 12. The van der Waals surface area contributed by atoms with Crippen molar-refractivity contribution in [1.82, 2.24) is 19.7 Å². The van der Waals surface area contributed by atoms with Gasteiger partial charge in [0.25, 0.3) is 0 Å². The molecule has 1 aromatic carbocycles. The van der Waals surface area contributed by atoms with Crippen LogP contribution in [0.3, 0.4) is 0 Å². The smallest absolute Gasteiger partial charge is 0.459 e. The van der Waals surface area contributed by atoms with Gasteiger partial charge in [-0.05, 0) is 58.7 Å². The van der Waals surface area contributed by atoms with E-state index in [-0.39, 0.29) is 18.1 Å². The first-order valence-electron chi connectivity index (χ1n) is 12.9. The van der Waals surface area contributed by atoms with Gasteiger partial charge >= 0.3 is 13.7 Å². The molecule has 15 heteroatoms. The number of carbonyl (C=O) groups is 1. The second-order valence-electron chi connectivity index (χ2n) is 10.4. The molecule has 41 heavy (non-hydrogen) atoms. The number of aliphatic hydroxyl groups is 2. The predicted molar refractivity (Wildman–Crippen MR) is 149 cm³/mol. The number of hydrogen-bond donors (Lipinski definition) is 4. The van der Waals surface area contributed by atoms with Crippen LogP contribution >= 0.6 is 7.75 Å². The summed E-state index contributed by atoms with van der Waals surface area (Å²) in [6, 6.07) is 11.5. The highest BCUT2D eigenvalue weighted by molar-refractivity contribution is 7.52. The summed E-state index contributed by atoms with van der Waals surface area (Å²) in [7, 11) is -4.32. The molecular formula is C26H35N6O8P. The van der Waals surface area contributed by atoms with Crippen LogP contribution in [0.15, 0.2) is 53.8 Å². The number of nitrogens with two attached hydrogens (primary N) is 1. The largest absolute Gasteiger partial charge is 0.462 e. The average Bonchev–Trinajstić information content (AvgIpc) is 3.44. The highest BCUT2D eigenvalue weighted by Gasteiger charge is 2.57. The fraction of sp³-hybridized carbons (Fsp3) is 0.462. The molecule has 2 aromatic heterocycles. The molecule has 1 aliphatic rings. The first-order chi connectivity index (χ1) is 19.3. The van der Waals surface area contributed by atoms with Gasteiger partial charge in [0.05, 0.1) is 24.9 Å². The van der Waals surface area contributed by atoms with Crippen molar-refractivity contribution in [3.05, 3.63) is 54.5 Å². The van der Waals surface area contributed by atoms with E-state index in [1.165, 1.54) is 24.7 Å². The van der Waals surface area contributed by atoms with Crippen LogP contribution in [0.25, 0.3) is 5.52 Å². The summed E-state index contributed by atoms with van der Waals surface area (Å²) in [5.41, 5.74) is 3.65. The number of esters is 1. The van der Waals surface area contributed by atoms with E-state index in [0.717, 1.165) is 0 Å². The van der Waals surface area contributed by atoms with Crippen LogP contribution in [0, 0.1) is 0 Å². The second kappa shape index (κ2) is 11.8. The third-order valence-corrected chi connectivity index (χ3v) is 8.23. The lowest BCUT2D eigenvalue weighted by Crippen LogP contribution is -2.48. The van der Waals surface area contributed by atoms with E-state index in [1.807, 2.05) is 0 Å². The molecule has 0 aliphatic carbocycles. The highest BCUT2D eigenvalue weighted by atomic mass is 31.2. The number of anilines is 1. The molecule has 4 rings (SSSR count). The van der Waals surface area contributed by atoms with E-state index < -0.39 is 55.9 Å². The third kappa shape index (κ3) is 6.27. The maximum atomic E-state index is 14.0. The van der Waals surface area contributed by atoms with Crippen LogP contribution in [-0.4, -0.2) is 80.6 Å². The molecule has 3 heterocycles. The topological polar surface area (TPSA) is 192 Å². The molecule has 1 unspecified atom stereocenters. The Hall–Kier alpha value is -3.39. The number of para-hydroxylation sites is 1. The molecule has 1 saturated heterocycles. The molecule has 5 N–H and O–H groups in total. The molecule has 3 aromatic rings. The van der Waals surface area contributed by atoms with Crippen molar-refractivity contribution in [2.75, 3.05) is 18.9 Å². The van der Waals surface area contributed by atoms with Crippen molar-refractivity contribution in [3.63, 3.8) is 0 Å². The van der Waals surface area contributed by atoms with E-state index in [1.54, 1.807) is 56.3 Å². The average molecular weight is 591 g/mol. The van der Waals surface area contributed by atoms with Crippen molar-refractivity contribution in [2.24, 2.45) is 4.99 Å². The molecule has 222 valence electrons. The molecule has 0 bridgehead atoms. The molecule has 0 saturated carbocycles. The Kier molecular flexibility index (Phi) is 8.83. The first kappa shape index (κ1) is 30.6. The molecule has 0 radical (unpaired) electrons. The lowest BCUT2D eigenvalue weighted by molar-refractivity contribution is -0.153. The van der Waals surface area contributed by atoms with Gasteiger partial charge in [-0.1, -0.05) is 18.2 Å². The van der Waals surface area contributed by atoms with Gasteiger partial charge in [0.15, 0.2) is 11.4 Å². The Bertz CT molecular complexity index is 1430. The van der Waals surface area contributed by atoms with E-state index >= 15 is 0 Å². The van der Waals surface area contributed by atoms with Gasteiger partial charge in [0.2, 0.25) is 0 Å². The highest BCUT2D eigenvalue weighted by Crippen LogP contribution is 2.48. The minimum absolute atomic E-state index is 0.164. The van der Waals surface area contributed by atoms with Crippen molar-refractivity contribution >= 4 is 31.8 Å². The number of fused-ring (bicyclic) bond motifs is 1. The maximum absolute atomic E-state index is 14.0. The number of benzene rings is 1.